The van der Waals surface area contributed by atoms with Crippen LogP contribution < -0.4 is 14.8 Å². The average molecular weight is 448 g/mol. The number of hydrogen-bond donors (Lipinski definition) is 1. The zero-order valence-electron chi connectivity index (χ0n) is 19.3. The van der Waals surface area contributed by atoms with Crippen molar-refractivity contribution < 1.29 is 19.1 Å². The summed E-state index contributed by atoms with van der Waals surface area (Å²) in [7, 11) is 3.38. The highest BCUT2D eigenvalue weighted by atomic mass is 32.1. The second-order valence-electron chi connectivity index (χ2n) is 7.58. The summed E-state index contributed by atoms with van der Waals surface area (Å²) in [5, 5.41) is 3.78. The Morgan fingerprint density at radius 2 is 1.84 bits per heavy atom. The lowest BCUT2D eigenvalue weighted by molar-refractivity contribution is -0.133. The second kappa shape index (κ2) is 11.1. The van der Waals surface area contributed by atoms with Gasteiger partial charge >= 0.3 is 0 Å². The molecule has 7 nitrogen and oxygen atoms in total. The largest absolute Gasteiger partial charge is 0.493 e. The molecule has 1 N–H and O–H groups in total. The summed E-state index contributed by atoms with van der Waals surface area (Å²) in [6.45, 7) is 8.91. The van der Waals surface area contributed by atoms with Crippen molar-refractivity contribution in [2.75, 3.05) is 33.9 Å². The van der Waals surface area contributed by atoms with Gasteiger partial charge in [-0.15, -0.1) is 0 Å². The lowest BCUT2D eigenvalue weighted by Gasteiger charge is -2.35. The van der Waals surface area contributed by atoms with Crippen LogP contribution in [0.25, 0.3) is 0 Å². The molecule has 31 heavy (non-hydrogen) atoms. The van der Waals surface area contributed by atoms with Gasteiger partial charge in [-0.25, -0.2) is 0 Å². The Kier molecular flexibility index (Phi) is 8.86. The molecule has 170 valence electrons. The molecule has 1 amide bonds. The fourth-order valence-corrected chi connectivity index (χ4v) is 3.91. The van der Waals surface area contributed by atoms with Gasteiger partial charge in [0.15, 0.2) is 29.0 Å². The van der Waals surface area contributed by atoms with E-state index in [0.29, 0.717) is 35.3 Å². The normalized spacial score (nSPS) is 16.1. The van der Waals surface area contributed by atoms with Crippen LogP contribution in [0.2, 0.25) is 0 Å². The van der Waals surface area contributed by atoms with E-state index in [-0.39, 0.29) is 24.3 Å². The smallest absolute Gasteiger partial charge is 0.260 e. The Balaban J connectivity index is 2.26. The molecule has 1 heterocycles. The molecule has 1 aromatic rings. The number of ketones is 1. The summed E-state index contributed by atoms with van der Waals surface area (Å²) >= 11 is 5.42. The number of thiocarbonyl (C=S) groups is 1. The number of nitrogens with one attached hydrogen (secondary N) is 1. The molecule has 0 spiro atoms. The van der Waals surface area contributed by atoms with Gasteiger partial charge in [0.1, 0.15) is 0 Å². The van der Waals surface area contributed by atoms with Crippen molar-refractivity contribution in [3.05, 3.63) is 35.0 Å². The van der Waals surface area contributed by atoms with Crippen LogP contribution in [0, 0.1) is 0 Å². The maximum atomic E-state index is 12.5. The molecule has 8 heteroatoms. The number of amides is 1. The van der Waals surface area contributed by atoms with Crippen LogP contribution in [-0.2, 0) is 9.59 Å². The first-order chi connectivity index (χ1) is 14.7. The third-order valence-electron chi connectivity index (χ3n) is 5.35. The second-order valence-corrected chi connectivity index (χ2v) is 7.96. The highest BCUT2D eigenvalue weighted by Gasteiger charge is 2.31. The van der Waals surface area contributed by atoms with Gasteiger partial charge in [0, 0.05) is 31.4 Å². The molecular weight excluding hydrogens is 414 g/mol. The average Bonchev–Trinajstić information content (AvgIpc) is 2.74. The third kappa shape index (κ3) is 5.76. The van der Waals surface area contributed by atoms with Crippen LogP contribution in [0.1, 0.15) is 52.1 Å². The molecule has 1 unspecified atom stereocenters. The van der Waals surface area contributed by atoms with Gasteiger partial charge in [-0.3, -0.25) is 9.59 Å². The predicted molar refractivity (Wildman–Crippen MR) is 125 cm³/mol. The molecule has 1 aliphatic rings. The maximum Gasteiger partial charge on any atom is 0.260 e. The monoisotopic (exact) mass is 447 g/mol. The Hall–Kier alpha value is -2.61. The minimum absolute atomic E-state index is 0.0267. The van der Waals surface area contributed by atoms with E-state index in [9.17, 15) is 9.59 Å². The van der Waals surface area contributed by atoms with Gasteiger partial charge in [0.2, 0.25) is 0 Å². The third-order valence-corrected chi connectivity index (χ3v) is 5.74. The van der Waals surface area contributed by atoms with E-state index in [0.717, 1.165) is 24.1 Å². The molecule has 2 rings (SSSR count). The number of ether oxygens (including phenoxy) is 2. The van der Waals surface area contributed by atoms with Crippen molar-refractivity contribution in [2.45, 2.75) is 46.6 Å². The number of nitrogens with zero attached hydrogens (tertiary/aromatic N) is 2. The van der Waals surface area contributed by atoms with E-state index in [1.54, 1.807) is 25.0 Å². The lowest BCUT2D eigenvalue weighted by Crippen LogP contribution is -2.45. The highest BCUT2D eigenvalue weighted by molar-refractivity contribution is 7.80. The van der Waals surface area contributed by atoms with Crippen LogP contribution in [0.4, 0.5) is 0 Å². The van der Waals surface area contributed by atoms with Crippen molar-refractivity contribution in [2.24, 2.45) is 0 Å². The summed E-state index contributed by atoms with van der Waals surface area (Å²) in [6, 6.07) is 5.06. The van der Waals surface area contributed by atoms with Gasteiger partial charge < -0.3 is 24.6 Å². The highest BCUT2D eigenvalue weighted by Crippen LogP contribution is 2.35. The minimum Gasteiger partial charge on any atom is -0.493 e. The summed E-state index contributed by atoms with van der Waals surface area (Å²) in [6.07, 6.45) is 1.81. The summed E-state index contributed by atoms with van der Waals surface area (Å²) in [5.41, 5.74) is 2.30. The van der Waals surface area contributed by atoms with Crippen molar-refractivity contribution >= 4 is 29.0 Å². The van der Waals surface area contributed by atoms with Crippen LogP contribution >= 0.6 is 12.2 Å². The van der Waals surface area contributed by atoms with Crippen LogP contribution in [0.15, 0.2) is 29.5 Å². The van der Waals surface area contributed by atoms with E-state index < -0.39 is 0 Å². The number of allylic oxidation sites excluding steroid dienone is 1. The lowest BCUT2D eigenvalue weighted by atomic mass is 9.92. The van der Waals surface area contributed by atoms with Gasteiger partial charge in [0.05, 0.1) is 13.2 Å². The zero-order chi connectivity index (χ0) is 23.1. The molecule has 0 saturated carbocycles. The molecule has 0 radical (unpaired) electrons. The molecule has 1 aliphatic heterocycles. The summed E-state index contributed by atoms with van der Waals surface area (Å²) in [5.74, 6) is 0.902. The number of hydrogen-bond acceptors (Lipinski definition) is 5. The standard InChI is InChI=1S/C23H33N3O4S/c1-7-11-26(12-8-2)20(28)14-30-18-10-9-17(13-19(18)29-6)22-21(16(4)27)15(3)25(5)23(31)24-22/h9-10,13,22H,7-8,11-12,14H2,1-6H3,(H,24,31). The first kappa shape index (κ1) is 24.7. The molecule has 0 aliphatic carbocycles. The van der Waals surface area contributed by atoms with E-state index in [1.807, 2.05) is 44.9 Å². The van der Waals surface area contributed by atoms with Crippen LogP contribution in [0.3, 0.4) is 0 Å². The number of methoxy groups -OCH3 is 1. The number of carbonyl (C=O) groups is 2. The molecule has 0 saturated heterocycles. The summed E-state index contributed by atoms with van der Waals surface area (Å²) < 4.78 is 11.3. The Morgan fingerprint density at radius 1 is 1.19 bits per heavy atom. The molecule has 1 aromatic carbocycles. The SMILES string of the molecule is CCCN(CCC)C(=O)COc1ccc(C2NC(=S)N(C)C(C)=C2C(C)=O)cc1OC. The fraction of sp³-hybridized carbons (Fsp3) is 0.522. The molecule has 0 fully saturated rings. The quantitative estimate of drug-likeness (QED) is 0.551. The van der Waals surface area contributed by atoms with Crippen LogP contribution in [0.5, 0.6) is 11.5 Å². The van der Waals surface area contributed by atoms with Crippen molar-refractivity contribution in [3.8, 4) is 11.5 Å². The van der Waals surface area contributed by atoms with Crippen molar-refractivity contribution in [1.82, 2.24) is 15.1 Å². The van der Waals surface area contributed by atoms with Crippen LogP contribution in [-0.4, -0.2) is 60.5 Å². The summed E-state index contributed by atoms with van der Waals surface area (Å²) in [4.78, 5) is 28.5. The van der Waals surface area contributed by atoms with E-state index in [1.165, 1.54) is 0 Å². The number of Topliss-reactive ketones (excluding diaryl/α,β-unsaturated/α-hetero) is 1. The zero-order valence-corrected chi connectivity index (χ0v) is 20.1. The van der Waals surface area contributed by atoms with Gasteiger partial charge in [0.25, 0.3) is 5.91 Å². The number of benzene rings is 1. The first-order valence-electron chi connectivity index (χ1n) is 10.6. The number of rotatable bonds is 10. The minimum atomic E-state index is -0.379. The number of carbonyl (C=O) groups excluding carboxylic acids is 2. The first-order valence-corrected chi connectivity index (χ1v) is 11.0. The van der Waals surface area contributed by atoms with Crippen molar-refractivity contribution in [1.29, 1.82) is 0 Å². The van der Waals surface area contributed by atoms with Gasteiger partial charge in [-0.05, 0) is 56.6 Å². The van der Waals surface area contributed by atoms with E-state index in [2.05, 4.69) is 5.32 Å². The Morgan fingerprint density at radius 3 is 2.39 bits per heavy atom. The Bertz CT molecular complexity index is 862. The molecular formula is C23H33N3O4S. The van der Waals surface area contributed by atoms with Gasteiger partial charge in [-0.1, -0.05) is 19.9 Å². The predicted octanol–water partition coefficient (Wildman–Crippen LogP) is 3.45. The van der Waals surface area contributed by atoms with Crippen molar-refractivity contribution in [3.63, 3.8) is 0 Å². The van der Waals surface area contributed by atoms with E-state index >= 15 is 0 Å². The molecule has 1 atom stereocenters. The molecule has 0 bridgehead atoms. The molecule has 0 aromatic heterocycles. The fourth-order valence-electron chi connectivity index (χ4n) is 3.66. The maximum absolute atomic E-state index is 12.5. The topological polar surface area (TPSA) is 71.1 Å². The van der Waals surface area contributed by atoms with E-state index in [4.69, 9.17) is 21.7 Å². The Labute approximate surface area is 190 Å². The van der Waals surface area contributed by atoms with Gasteiger partial charge in [-0.2, -0.15) is 0 Å².